The highest BCUT2D eigenvalue weighted by atomic mass is 16.6. The number of hydrogen-bond acceptors (Lipinski definition) is 3. The van der Waals surface area contributed by atoms with Gasteiger partial charge in [0.2, 0.25) is 0 Å². The number of ether oxygens (including phenoxy) is 1. The molecule has 0 bridgehead atoms. The van der Waals surface area contributed by atoms with Crippen LogP contribution in [-0.2, 0) is 9.53 Å². The molecule has 3 heteroatoms. The van der Waals surface area contributed by atoms with Crippen LogP contribution in [0.5, 0.6) is 0 Å². The lowest BCUT2D eigenvalue weighted by atomic mass is 10.0. The Balaban J connectivity index is 3.26. The number of unbranched alkanes of at least 4 members (excludes halogenated alkanes) is 15. The molecule has 29 heavy (non-hydrogen) atoms. The minimum Gasteiger partial charge on any atom is -0.460 e. The van der Waals surface area contributed by atoms with Crippen LogP contribution in [0.15, 0.2) is 0 Å². The van der Waals surface area contributed by atoms with Crippen LogP contribution in [0.25, 0.3) is 0 Å². The molecule has 0 radical (unpaired) electrons. The molecule has 0 saturated carbocycles. The highest BCUT2D eigenvalue weighted by Gasteiger charge is 2.16. The van der Waals surface area contributed by atoms with E-state index in [9.17, 15) is 4.79 Å². The Bertz CT molecular complexity index is 362. The van der Waals surface area contributed by atoms with E-state index in [1.54, 1.807) is 0 Å². The highest BCUT2D eigenvalue weighted by molar-refractivity contribution is 5.70. The molecule has 0 saturated heterocycles. The second kappa shape index (κ2) is 19.4. The van der Waals surface area contributed by atoms with Crippen molar-refractivity contribution >= 4 is 5.97 Å². The van der Waals surface area contributed by atoms with Crippen LogP contribution in [0.4, 0.5) is 0 Å². The van der Waals surface area contributed by atoms with Crippen molar-refractivity contribution in [3.63, 3.8) is 0 Å². The standard InChI is InChI=1S/C26H53NO2/c1-6-7-8-9-10-11-12-13-14-15-16-17-18-19-20-21-23-27(5)24-22-25(28)29-26(2,3)4/h6-24H2,1-5H3. The number of nitrogens with zero attached hydrogens (tertiary/aromatic N) is 1. The first kappa shape index (κ1) is 28.4. The fourth-order valence-electron chi connectivity index (χ4n) is 3.72. The molecule has 3 nitrogen and oxygen atoms in total. The van der Waals surface area contributed by atoms with Gasteiger partial charge in [0.05, 0.1) is 6.42 Å². The zero-order valence-corrected chi connectivity index (χ0v) is 20.7. The molecule has 0 aliphatic carbocycles. The third-order valence-corrected chi connectivity index (χ3v) is 5.51. The third kappa shape index (κ3) is 23.6. The summed E-state index contributed by atoms with van der Waals surface area (Å²) in [6.07, 6.45) is 23.0. The minimum atomic E-state index is -0.371. The number of hydrogen-bond donors (Lipinski definition) is 0. The van der Waals surface area contributed by atoms with E-state index < -0.39 is 0 Å². The van der Waals surface area contributed by atoms with Crippen LogP contribution in [0.1, 0.15) is 137 Å². The van der Waals surface area contributed by atoms with E-state index in [4.69, 9.17) is 4.74 Å². The lowest BCUT2D eigenvalue weighted by Gasteiger charge is -2.21. The van der Waals surface area contributed by atoms with Crippen LogP contribution in [0.3, 0.4) is 0 Å². The lowest BCUT2D eigenvalue weighted by Crippen LogP contribution is -2.28. The average molecular weight is 412 g/mol. The first-order chi connectivity index (χ1) is 13.8. The maximum absolute atomic E-state index is 11.7. The van der Waals surface area contributed by atoms with Crippen LogP contribution >= 0.6 is 0 Å². The third-order valence-electron chi connectivity index (χ3n) is 5.51. The van der Waals surface area contributed by atoms with E-state index in [1.165, 1.54) is 103 Å². The maximum Gasteiger partial charge on any atom is 0.307 e. The van der Waals surface area contributed by atoms with Gasteiger partial charge in [-0.05, 0) is 40.8 Å². The molecular formula is C26H53NO2. The van der Waals surface area contributed by atoms with Gasteiger partial charge in [-0.2, -0.15) is 0 Å². The molecule has 0 heterocycles. The Morgan fingerprint density at radius 3 is 1.41 bits per heavy atom. The van der Waals surface area contributed by atoms with Crippen molar-refractivity contribution in [3.8, 4) is 0 Å². The summed E-state index contributed by atoms with van der Waals surface area (Å²) in [7, 11) is 2.11. The Labute approximate surface area is 183 Å². The predicted octanol–water partition coefficient (Wildman–Crippen LogP) is 7.91. The molecule has 0 rings (SSSR count). The molecule has 0 aromatic carbocycles. The van der Waals surface area contributed by atoms with Gasteiger partial charge in [0, 0.05) is 6.54 Å². The monoisotopic (exact) mass is 411 g/mol. The van der Waals surface area contributed by atoms with E-state index >= 15 is 0 Å². The van der Waals surface area contributed by atoms with Crippen LogP contribution in [-0.4, -0.2) is 36.6 Å². The van der Waals surface area contributed by atoms with Gasteiger partial charge in [-0.3, -0.25) is 4.79 Å². The smallest absolute Gasteiger partial charge is 0.307 e. The molecule has 0 aromatic heterocycles. The summed E-state index contributed by atoms with van der Waals surface area (Å²) in [4.78, 5) is 14.0. The summed E-state index contributed by atoms with van der Waals surface area (Å²) in [5.41, 5.74) is -0.371. The van der Waals surface area contributed by atoms with E-state index in [0.29, 0.717) is 6.42 Å². The number of rotatable bonds is 20. The van der Waals surface area contributed by atoms with Crippen molar-refractivity contribution in [2.24, 2.45) is 0 Å². The van der Waals surface area contributed by atoms with Crippen molar-refractivity contribution in [3.05, 3.63) is 0 Å². The molecule has 0 aliphatic rings. The zero-order valence-electron chi connectivity index (χ0n) is 20.7. The molecule has 0 aliphatic heterocycles. The van der Waals surface area contributed by atoms with Gasteiger partial charge >= 0.3 is 5.97 Å². The molecule has 0 amide bonds. The molecule has 0 atom stereocenters. The lowest BCUT2D eigenvalue weighted by molar-refractivity contribution is -0.155. The van der Waals surface area contributed by atoms with Crippen molar-refractivity contribution in [2.45, 2.75) is 142 Å². The van der Waals surface area contributed by atoms with Crippen LogP contribution < -0.4 is 0 Å². The van der Waals surface area contributed by atoms with Gasteiger partial charge in [0.25, 0.3) is 0 Å². The Kier molecular flexibility index (Phi) is 19.0. The molecule has 0 N–H and O–H groups in total. The Morgan fingerprint density at radius 1 is 0.655 bits per heavy atom. The van der Waals surface area contributed by atoms with E-state index in [0.717, 1.165) is 13.1 Å². The van der Waals surface area contributed by atoms with E-state index in [1.807, 2.05) is 20.8 Å². The minimum absolute atomic E-state index is 0.0867. The summed E-state index contributed by atoms with van der Waals surface area (Å²) in [5, 5.41) is 0. The average Bonchev–Trinajstić information content (AvgIpc) is 2.64. The first-order valence-electron chi connectivity index (χ1n) is 12.8. The fraction of sp³-hybridized carbons (Fsp3) is 0.962. The topological polar surface area (TPSA) is 29.5 Å². The van der Waals surface area contributed by atoms with Gasteiger partial charge in [-0.1, -0.05) is 103 Å². The molecule has 0 spiro atoms. The van der Waals surface area contributed by atoms with Crippen molar-refractivity contribution in [2.75, 3.05) is 20.1 Å². The van der Waals surface area contributed by atoms with Crippen molar-refractivity contribution in [1.82, 2.24) is 4.90 Å². The zero-order chi connectivity index (χ0) is 21.8. The van der Waals surface area contributed by atoms with E-state index in [-0.39, 0.29) is 11.6 Å². The van der Waals surface area contributed by atoms with Crippen LogP contribution in [0.2, 0.25) is 0 Å². The summed E-state index contributed by atoms with van der Waals surface area (Å²) >= 11 is 0. The summed E-state index contributed by atoms with van der Waals surface area (Å²) in [6.45, 7) is 9.94. The number of esters is 1. The molecule has 0 unspecified atom stereocenters. The molecular weight excluding hydrogens is 358 g/mol. The van der Waals surface area contributed by atoms with Crippen molar-refractivity contribution in [1.29, 1.82) is 0 Å². The fourth-order valence-corrected chi connectivity index (χ4v) is 3.72. The van der Waals surface area contributed by atoms with Crippen molar-refractivity contribution < 1.29 is 9.53 Å². The molecule has 174 valence electrons. The van der Waals surface area contributed by atoms with Gasteiger partial charge in [-0.15, -0.1) is 0 Å². The van der Waals surface area contributed by atoms with Crippen LogP contribution in [0, 0.1) is 0 Å². The SMILES string of the molecule is CCCCCCCCCCCCCCCCCCN(C)CCC(=O)OC(C)(C)C. The number of carbonyl (C=O) groups excluding carboxylic acids is 1. The number of carbonyl (C=O) groups is 1. The largest absolute Gasteiger partial charge is 0.460 e. The van der Waals surface area contributed by atoms with Gasteiger partial charge in [-0.25, -0.2) is 0 Å². The predicted molar refractivity (Wildman–Crippen MR) is 128 cm³/mol. The second-order valence-electron chi connectivity index (χ2n) is 9.94. The normalized spacial score (nSPS) is 11.9. The quantitative estimate of drug-likeness (QED) is 0.150. The summed E-state index contributed by atoms with van der Waals surface area (Å²) < 4.78 is 5.36. The second-order valence-corrected chi connectivity index (χ2v) is 9.94. The molecule has 0 fully saturated rings. The van der Waals surface area contributed by atoms with Gasteiger partial charge < -0.3 is 9.64 Å². The summed E-state index contributed by atoms with van der Waals surface area (Å²) in [5.74, 6) is -0.0867. The Hall–Kier alpha value is -0.570. The first-order valence-corrected chi connectivity index (χ1v) is 12.8. The summed E-state index contributed by atoms with van der Waals surface area (Å²) in [6, 6.07) is 0. The molecule has 0 aromatic rings. The van der Waals surface area contributed by atoms with Gasteiger partial charge in [0.1, 0.15) is 5.60 Å². The highest BCUT2D eigenvalue weighted by Crippen LogP contribution is 2.14. The van der Waals surface area contributed by atoms with E-state index in [2.05, 4.69) is 18.9 Å². The Morgan fingerprint density at radius 2 is 1.03 bits per heavy atom. The van der Waals surface area contributed by atoms with Gasteiger partial charge in [0.15, 0.2) is 0 Å². The maximum atomic E-state index is 11.7.